The number of hydrogen-bond acceptors (Lipinski definition) is 4. The van der Waals surface area contributed by atoms with Gasteiger partial charge in [-0.1, -0.05) is 25.1 Å². The van der Waals surface area contributed by atoms with Gasteiger partial charge >= 0.3 is 0 Å². The molecular formula is C21H23N3O4. The van der Waals surface area contributed by atoms with Gasteiger partial charge in [-0.3, -0.25) is 14.4 Å². The van der Waals surface area contributed by atoms with E-state index in [1.165, 1.54) is 0 Å². The second-order valence-corrected chi connectivity index (χ2v) is 6.53. The molecule has 1 heterocycles. The second kappa shape index (κ2) is 8.56. The summed E-state index contributed by atoms with van der Waals surface area (Å²) in [5, 5.41) is 5.32. The summed E-state index contributed by atoms with van der Waals surface area (Å²) in [5.41, 5.74) is 1.66. The fourth-order valence-corrected chi connectivity index (χ4v) is 3.00. The van der Waals surface area contributed by atoms with Crippen LogP contribution >= 0.6 is 0 Å². The standard InChI is InChI=1S/C21H23N3O4/c1-3-11-24-17-12-16(9-10-18(17)28-14(2)21(24)27)23-19(25)13-22-20(26)15-7-5-4-6-8-15/h4-10,12,14H,3,11,13H2,1-2H3,(H,22,26)(H,23,25). The number of ether oxygens (including phenoxy) is 1. The Morgan fingerprint density at radius 3 is 2.61 bits per heavy atom. The number of anilines is 2. The first-order chi connectivity index (χ1) is 13.5. The summed E-state index contributed by atoms with van der Waals surface area (Å²) in [6.45, 7) is 4.13. The highest BCUT2D eigenvalue weighted by atomic mass is 16.5. The van der Waals surface area contributed by atoms with E-state index in [2.05, 4.69) is 10.6 Å². The number of rotatable bonds is 6. The molecule has 2 aromatic rings. The first kappa shape index (κ1) is 19.4. The molecule has 146 valence electrons. The molecule has 7 heteroatoms. The summed E-state index contributed by atoms with van der Waals surface area (Å²) in [6.07, 6.45) is 0.271. The van der Waals surface area contributed by atoms with Gasteiger partial charge in [0, 0.05) is 17.8 Å². The van der Waals surface area contributed by atoms with E-state index in [0.717, 1.165) is 6.42 Å². The van der Waals surface area contributed by atoms with Crippen molar-refractivity contribution in [2.24, 2.45) is 0 Å². The van der Waals surface area contributed by atoms with E-state index in [0.29, 0.717) is 29.2 Å². The molecule has 1 unspecified atom stereocenters. The highest BCUT2D eigenvalue weighted by molar-refractivity contribution is 6.02. The van der Waals surface area contributed by atoms with Crippen molar-refractivity contribution >= 4 is 29.1 Å². The predicted octanol–water partition coefficient (Wildman–Crippen LogP) is 2.58. The van der Waals surface area contributed by atoms with Crippen molar-refractivity contribution in [3.8, 4) is 5.75 Å². The Kier molecular flexibility index (Phi) is 5.93. The average Bonchev–Trinajstić information content (AvgIpc) is 2.70. The third kappa shape index (κ3) is 4.31. The minimum atomic E-state index is -0.535. The molecule has 28 heavy (non-hydrogen) atoms. The van der Waals surface area contributed by atoms with Crippen LogP contribution in [0.25, 0.3) is 0 Å². The summed E-state index contributed by atoms with van der Waals surface area (Å²) in [4.78, 5) is 38.3. The van der Waals surface area contributed by atoms with E-state index in [1.54, 1.807) is 54.3 Å². The third-order valence-electron chi connectivity index (χ3n) is 4.34. The number of carbonyl (C=O) groups is 3. The van der Waals surface area contributed by atoms with Gasteiger partial charge in [-0.15, -0.1) is 0 Å². The van der Waals surface area contributed by atoms with Crippen LogP contribution in [-0.4, -0.2) is 36.9 Å². The third-order valence-corrected chi connectivity index (χ3v) is 4.34. The molecule has 1 aliphatic rings. The van der Waals surface area contributed by atoms with E-state index in [1.807, 2.05) is 13.0 Å². The lowest BCUT2D eigenvalue weighted by Gasteiger charge is -2.33. The van der Waals surface area contributed by atoms with Gasteiger partial charge in [0.25, 0.3) is 11.8 Å². The Bertz CT molecular complexity index is 882. The van der Waals surface area contributed by atoms with Crippen molar-refractivity contribution in [2.45, 2.75) is 26.4 Å². The molecule has 0 bridgehead atoms. The zero-order valence-corrected chi connectivity index (χ0v) is 15.9. The lowest BCUT2D eigenvalue weighted by molar-refractivity contribution is -0.125. The summed E-state index contributed by atoms with van der Waals surface area (Å²) < 4.78 is 5.65. The largest absolute Gasteiger partial charge is 0.479 e. The molecule has 2 aromatic carbocycles. The maximum absolute atomic E-state index is 12.4. The average molecular weight is 381 g/mol. The van der Waals surface area contributed by atoms with Crippen LogP contribution < -0.4 is 20.3 Å². The van der Waals surface area contributed by atoms with Crippen LogP contribution in [-0.2, 0) is 9.59 Å². The fourth-order valence-electron chi connectivity index (χ4n) is 3.00. The minimum Gasteiger partial charge on any atom is -0.479 e. The summed E-state index contributed by atoms with van der Waals surface area (Å²) >= 11 is 0. The van der Waals surface area contributed by atoms with Crippen molar-refractivity contribution in [3.63, 3.8) is 0 Å². The number of hydrogen-bond donors (Lipinski definition) is 2. The van der Waals surface area contributed by atoms with E-state index in [9.17, 15) is 14.4 Å². The van der Waals surface area contributed by atoms with Gasteiger partial charge in [0.1, 0.15) is 5.75 Å². The van der Waals surface area contributed by atoms with Crippen LogP contribution in [0.1, 0.15) is 30.6 Å². The predicted molar refractivity (Wildman–Crippen MR) is 107 cm³/mol. The first-order valence-electron chi connectivity index (χ1n) is 9.24. The van der Waals surface area contributed by atoms with Gasteiger partial charge < -0.3 is 20.3 Å². The number of benzene rings is 2. The van der Waals surface area contributed by atoms with Gasteiger partial charge in [-0.25, -0.2) is 0 Å². The van der Waals surface area contributed by atoms with Gasteiger partial charge in [0.2, 0.25) is 5.91 Å². The number of amides is 3. The molecule has 0 aromatic heterocycles. The smallest absolute Gasteiger partial charge is 0.267 e. The molecule has 7 nitrogen and oxygen atoms in total. The number of nitrogens with zero attached hydrogens (tertiary/aromatic N) is 1. The quantitative estimate of drug-likeness (QED) is 0.805. The van der Waals surface area contributed by atoms with Crippen LogP contribution in [0.4, 0.5) is 11.4 Å². The van der Waals surface area contributed by atoms with E-state index < -0.39 is 6.10 Å². The highest BCUT2D eigenvalue weighted by Crippen LogP contribution is 2.36. The van der Waals surface area contributed by atoms with Crippen molar-refractivity contribution in [2.75, 3.05) is 23.3 Å². The Morgan fingerprint density at radius 2 is 1.89 bits per heavy atom. The monoisotopic (exact) mass is 381 g/mol. The Hall–Kier alpha value is -3.35. The minimum absolute atomic E-state index is 0.104. The number of fused-ring (bicyclic) bond motifs is 1. The van der Waals surface area contributed by atoms with Gasteiger partial charge in [0.05, 0.1) is 12.2 Å². The molecule has 0 aliphatic carbocycles. The van der Waals surface area contributed by atoms with E-state index in [4.69, 9.17) is 4.74 Å². The Balaban J connectivity index is 1.65. The van der Waals surface area contributed by atoms with Crippen LogP contribution in [0.2, 0.25) is 0 Å². The first-order valence-corrected chi connectivity index (χ1v) is 9.24. The Labute approximate surface area is 163 Å². The Morgan fingerprint density at radius 1 is 1.14 bits per heavy atom. The number of nitrogens with one attached hydrogen (secondary N) is 2. The molecule has 0 saturated heterocycles. The molecule has 3 rings (SSSR count). The lowest BCUT2D eigenvalue weighted by Crippen LogP contribution is -2.44. The second-order valence-electron chi connectivity index (χ2n) is 6.53. The normalized spacial score (nSPS) is 15.4. The summed E-state index contributed by atoms with van der Waals surface area (Å²) in [5.74, 6) is -0.171. The molecule has 0 radical (unpaired) electrons. The van der Waals surface area contributed by atoms with Gasteiger partial charge in [0.15, 0.2) is 6.10 Å². The van der Waals surface area contributed by atoms with Gasteiger partial charge in [-0.05, 0) is 43.7 Å². The van der Waals surface area contributed by atoms with Crippen LogP contribution in [0, 0.1) is 0 Å². The summed E-state index contributed by atoms with van der Waals surface area (Å²) in [7, 11) is 0. The molecule has 1 atom stereocenters. The summed E-state index contributed by atoms with van der Waals surface area (Å²) in [6, 6.07) is 13.8. The molecule has 1 aliphatic heterocycles. The zero-order valence-electron chi connectivity index (χ0n) is 15.9. The SMILES string of the molecule is CCCN1C(=O)C(C)Oc2ccc(NC(=O)CNC(=O)c3ccccc3)cc21. The molecule has 0 saturated carbocycles. The lowest BCUT2D eigenvalue weighted by atomic mass is 10.1. The van der Waals surface area contributed by atoms with Crippen LogP contribution in [0.3, 0.4) is 0 Å². The maximum atomic E-state index is 12.4. The molecule has 3 amide bonds. The van der Waals surface area contributed by atoms with E-state index >= 15 is 0 Å². The molecule has 2 N–H and O–H groups in total. The molecule has 0 spiro atoms. The van der Waals surface area contributed by atoms with Crippen LogP contribution in [0.5, 0.6) is 5.75 Å². The van der Waals surface area contributed by atoms with Crippen molar-refractivity contribution in [3.05, 3.63) is 54.1 Å². The van der Waals surface area contributed by atoms with Crippen LogP contribution in [0.15, 0.2) is 48.5 Å². The van der Waals surface area contributed by atoms with E-state index in [-0.39, 0.29) is 24.3 Å². The number of carbonyl (C=O) groups excluding carboxylic acids is 3. The van der Waals surface area contributed by atoms with Crippen molar-refractivity contribution in [1.29, 1.82) is 0 Å². The van der Waals surface area contributed by atoms with Crippen molar-refractivity contribution in [1.82, 2.24) is 5.32 Å². The fraction of sp³-hybridized carbons (Fsp3) is 0.286. The topological polar surface area (TPSA) is 87.7 Å². The van der Waals surface area contributed by atoms with Crippen molar-refractivity contribution < 1.29 is 19.1 Å². The highest BCUT2D eigenvalue weighted by Gasteiger charge is 2.31. The maximum Gasteiger partial charge on any atom is 0.267 e. The van der Waals surface area contributed by atoms with Gasteiger partial charge in [-0.2, -0.15) is 0 Å². The molecule has 0 fully saturated rings. The zero-order chi connectivity index (χ0) is 20.1. The molecular weight excluding hydrogens is 358 g/mol.